The van der Waals surface area contributed by atoms with E-state index in [1.165, 1.54) is 7.11 Å². The topological polar surface area (TPSA) is 60.7 Å². The molecule has 6 heteroatoms. The SMILES string of the molecule is CCOC(=O)c1c(-c2cccc(Cl)c2)c(CC)n2c1-c1cc(OC)c(O)cc1CC2. The Labute approximate surface area is 180 Å². The van der Waals surface area contributed by atoms with E-state index in [9.17, 15) is 9.90 Å². The highest BCUT2D eigenvalue weighted by Gasteiger charge is 2.33. The quantitative estimate of drug-likeness (QED) is 0.549. The normalized spacial score (nSPS) is 12.3. The summed E-state index contributed by atoms with van der Waals surface area (Å²) in [5.41, 5.74) is 5.99. The summed E-state index contributed by atoms with van der Waals surface area (Å²) < 4.78 is 13.0. The van der Waals surface area contributed by atoms with Crippen molar-refractivity contribution in [1.82, 2.24) is 4.57 Å². The molecule has 2 aromatic carbocycles. The van der Waals surface area contributed by atoms with Crippen LogP contribution in [0.15, 0.2) is 36.4 Å². The van der Waals surface area contributed by atoms with Gasteiger partial charge in [-0.05, 0) is 55.2 Å². The maximum absolute atomic E-state index is 13.2. The molecule has 1 N–H and O–H groups in total. The van der Waals surface area contributed by atoms with E-state index < -0.39 is 0 Å². The standard InChI is InChI=1S/C24H24ClNO4/c1-4-18-21(15-7-6-8-16(25)11-15)22(24(28)30-5-2)23-17-13-20(29-3)19(27)12-14(17)9-10-26(18)23/h6-8,11-13,27H,4-5,9-10H2,1-3H3. The number of ether oxygens (including phenoxy) is 2. The van der Waals surface area contributed by atoms with Crippen molar-refractivity contribution in [3.63, 3.8) is 0 Å². The smallest absolute Gasteiger partial charge is 0.340 e. The van der Waals surface area contributed by atoms with Crippen LogP contribution < -0.4 is 4.74 Å². The van der Waals surface area contributed by atoms with Crippen LogP contribution in [0.3, 0.4) is 0 Å². The molecule has 0 saturated heterocycles. The minimum Gasteiger partial charge on any atom is -0.504 e. The molecule has 30 heavy (non-hydrogen) atoms. The minimum absolute atomic E-state index is 0.0970. The molecule has 0 saturated carbocycles. The van der Waals surface area contributed by atoms with E-state index in [0.717, 1.165) is 46.5 Å². The molecular weight excluding hydrogens is 402 g/mol. The molecule has 4 rings (SSSR count). The Morgan fingerprint density at radius 3 is 2.70 bits per heavy atom. The number of aromatic hydroxyl groups is 1. The molecule has 0 unspecified atom stereocenters. The molecule has 5 nitrogen and oxygen atoms in total. The molecule has 0 radical (unpaired) electrons. The second kappa shape index (κ2) is 8.07. The average Bonchev–Trinajstić information content (AvgIpc) is 3.08. The Morgan fingerprint density at radius 2 is 2.03 bits per heavy atom. The van der Waals surface area contributed by atoms with Crippen molar-refractivity contribution in [2.24, 2.45) is 0 Å². The van der Waals surface area contributed by atoms with E-state index in [-0.39, 0.29) is 18.3 Å². The predicted molar refractivity (Wildman–Crippen MR) is 118 cm³/mol. The van der Waals surface area contributed by atoms with Gasteiger partial charge in [0, 0.05) is 28.4 Å². The lowest BCUT2D eigenvalue weighted by atomic mass is 9.93. The molecule has 2 heterocycles. The average molecular weight is 426 g/mol. The lowest BCUT2D eigenvalue weighted by Gasteiger charge is -2.23. The molecule has 1 aliphatic heterocycles. The molecule has 1 aliphatic rings. The number of aryl methyl sites for hydroxylation is 1. The fraction of sp³-hybridized carbons (Fsp3) is 0.292. The summed E-state index contributed by atoms with van der Waals surface area (Å²) in [6.45, 7) is 4.88. The van der Waals surface area contributed by atoms with Crippen LogP contribution in [-0.2, 0) is 24.1 Å². The summed E-state index contributed by atoms with van der Waals surface area (Å²) in [6, 6.07) is 11.1. The summed E-state index contributed by atoms with van der Waals surface area (Å²) >= 11 is 6.28. The molecule has 0 bridgehead atoms. The number of carbonyl (C=O) groups excluding carboxylic acids is 1. The third-order valence-electron chi connectivity index (χ3n) is 5.56. The summed E-state index contributed by atoms with van der Waals surface area (Å²) in [5, 5.41) is 10.9. The van der Waals surface area contributed by atoms with Gasteiger partial charge in [0.1, 0.15) is 0 Å². The molecule has 0 aliphatic carbocycles. The summed E-state index contributed by atoms with van der Waals surface area (Å²) in [4.78, 5) is 13.2. The van der Waals surface area contributed by atoms with E-state index >= 15 is 0 Å². The first kappa shape index (κ1) is 20.4. The number of fused-ring (bicyclic) bond motifs is 3. The van der Waals surface area contributed by atoms with Crippen LogP contribution in [0.5, 0.6) is 11.5 Å². The van der Waals surface area contributed by atoms with E-state index in [4.69, 9.17) is 21.1 Å². The van der Waals surface area contributed by atoms with Gasteiger partial charge in [0.25, 0.3) is 0 Å². The first-order valence-electron chi connectivity index (χ1n) is 10.1. The highest BCUT2D eigenvalue weighted by atomic mass is 35.5. The van der Waals surface area contributed by atoms with Gasteiger partial charge in [-0.2, -0.15) is 0 Å². The maximum Gasteiger partial charge on any atom is 0.340 e. The number of phenolic OH excluding ortho intramolecular Hbond substituents is 1. The molecule has 0 atom stereocenters. The number of nitrogens with zero attached hydrogens (tertiary/aromatic N) is 1. The van der Waals surface area contributed by atoms with Crippen LogP contribution in [0.1, 0.15) is 35.5 Å². The van der Waals surface area contributed by atoms with Crippen LogP contribution in [0, 0.1) is 0 Å². The number of esters is 1. The third-order valence-corrected chi connectivity index (χ3v) is 5.80. The van der Waals surface area contributed by atoms with Gasteiger partial charge in [-0.3, -0.25) is 0 Å². The molecule has 1 aromatic heterocycles. The van der Waals surface area contributed by atoms with Gasteiger partial charge in [-0.25, -0.2) is 4.79 Å². The van der Waals surface area contributed by atoms with Crippen LogP contribution >= 0.6 is 11.6 Å². The van der Waals surface area contributed by atoms with Gasteiger partial charge in [-0.1, -0.05) is 30.7 Å². The highest BCUT2D eigenvalue weighted by molar-refractivity contribution is 6.31. The number of rotatable bonds is 5. The molecule has 3 aromatic rings. The number of methoxy groups -OCH3 is 1. The number of carbonyl (C=O) groups is 1. The van der Waals surface area contributed by atoms with Crippen LogP contribution in [-0.4, -0.2) is 29.4 Å². The Morgan fingerprint density at radius 1 is 1.23 bits per heavy atom. The van der Waals surface area contributed by atoms with Crippen LogP contribution in [0.4, 0.5) is 0 Å². The third kappa shape index (κ3) is 3.23. The summed E-state index contributed by atoms with van der Waals surface area (Å²) in [7, 11) is 1.52. The van der Waals surface area contributed by atoms with E-state index in [1.807, 2.05) is 24.3 Å². The zero-order valence-electron chi connectivity index (χ0n) is 17.3. The monoisotopic (exact) mass is 425 g/mol. The van der Waals surface area contributed by atoms with Crippen molar-refractivity contribution in [1.29, 1.82) is 0 Å². The number of hydrogen-bond acceptors (Lipinski definition) is 4. The molecule has 0 fully saturated rings. The van der Waals surface area contributed by atoms with Gasteiger partial charge in [0.15, 0.2) is 11.5 Å². The number of aromatic nitrogens is 1. The number of halogens is 1. The summed E-state index contributed by atoms with van der Waals surface area (Å²) in [5.74, 6) is 0.108. The van der Waals surface area contributed by atoms with Crippen molar-refractivity contribution >= 4 is 17.6 Å². The largest absolute Gasteiger partial charge is 0.504 e. The van der Waals surface area contributed by atoms with Gasteiger partial charge in [0.05, 0.1) is 25.0 Å². The molecule has 0 spiro atoms. The van der Waals surface area contributed by atoms with Gasteiger partial charge >= 0.3 is 5.97 Å². The van der Waals surface area contributed by atoms with Crippen molar-refractivity contribution in [3.8, 4) is 33.9 Å². The lowest BCUT2D eigenvalue weighted by Crippen LogP contribution is -2.15. The predicted octanol–water partition coefficient (Wildman–Crippen LogP) is 5.48. The Bertz CT molecular complexity index is 1130. The second-order valence-electron chi connectivity index (χ2n) is 7.21. The molecule has 156 valence electrons. The minimum atomic E-state index is -0.365. The Kier molecular flexibility index (Phi) is 5.48. The van der Waals surface area contributed by atoms with Crippen molar-refractivity contribution < 1.29 is 19.4 Å². The van der Waals surface area contributed by atoms with Crippen molar-refractivity contribution in [3.05, 3.63) is 58.2 Å². The van der Waals surface area contributed by atoms with Crippen LogP contribution in [0.2, 0.25) is 5.02 Å². The van der Waals surface area contributed by atoms with Gasteiger partial charge < -0.3 is 19.1 Å². The fourth-order valence-corrected chi connectivity index (χ4v) is 4.54. The molecule has 0 amide bonds. The van der Waals surface area contributed by atoms with Crippen molar-refractivity contribution in [2.75, 3.05) is 13.7 Å². The van der Waals surface area contributed by atoms with E-state index in [0.29, 0.717) is 22.9 Å². The Hall–Kier alpha value is -2.92. The van der Waals surface area contributed by atoms with Gasteiger partial charge in [-0.15, -0.1) is 0 Å². The molecular formula is C24H24ClNO4. The number of phenols is 1. The number of hydrogen-bond donors (Lipinski definition) is 1. The Balaban J connectivity index is 2.09. The van der Waals surface area contributed by atoms with E-state index in [2.05, 4.69) is 11.5 Å². The zero-order valence-corrected chi connectivity index (χ0v) is 18.0. The maximum atomic E-state index is 13.2. The lowest BCUT2D eigenvalue weighted by molar-refractivity contribution is 0.0528. The zero-order chi connectivity index (χ0) is 21.4. The van der Waals surface area contributed by atoms with E-state index in [1.54, 1.807) is 19.1 Å². The first-order chi connectivity index (χ1) is 14.5. The van der Waals surface area contributed by atoms with Crippen LogP contribution in [0.25, 0.3) is 22.4 Å². The first-order valence-corrected chi connectivity index (χ1v) is 10.5. The van der Waals surface area contributed by atoms with Crippen molar-refractivity contribution in [2.45, 2.75) is 33.2 Å². The fourth-order valence-electron chi connectivity index (χ4n) is 4.35. The summed E-state index contributed by atoms with van der Waals surface area (Å²) in [6.07, 6.45) is 1.50. The van der Waals surface area contributed by atoms with Gasteiger partial charge in [0.2, 0.25) is 0 Å². The highest BCUT2D eigenvalue weighted by Crippen LogP contribution is 2.45. The number of benzene rings is 2. The second-order valence-corrected chi connectivity index (χ2v) is 7.65.